The number of anilines is 1. The molecule has 15 heavy (non-hydrogen) atoms. The Hall–Kier alpha value is -1.03. The van der Waals surface area contributed by atoms with E-state index >= 15 is 0 Å². The molecule has 2 N–H and O–H groups in total. The summed E-state index contributed by atoms with van der Waals surface area (Å²) in [5.41, 5.74) is 1.24. The number of aromatic nitrogens is 2. The largest absolute Gasteiger partial charge is 0.342 e. The Labute approximate surface area is 90.1 Å². The maximum absolute atomic E-state index is 4.45. The summed E-state index contributed by atoms with van der Waals surface area (Å²) in [5.74, 6) is 2.74. The Morgan fingerprint density at radius 3 is 2.73 bits per heavy atom. The second-order valence-electron chi connectivity index (χ2n) is 4.67. The number of imidazole rings is 1. The molecule has 1 aromatic heterocycles. The lowest BCUT2D eigenvalue weighted by Gasteiger charge is -2.15. The fraction of sp³-hybridized carbons (Fsp3) is 0.727. The van der Waals surface area contributed by atoms with Crippen LogP contribution in [0.3, 0.4) is 0 Å². The average Bonchev–Trinajstić information content (AvgIpc) is 2.91. The summed E-state index contributed by atoms with van der Waals surface area (Å²) < 4.78 is 0. The van der Waals surface area contributed by atoms with Crippen LogP contribution in [0.15, 0.2) is 6.20 Å². The minimum atomic E-state index is 0.833. The van der Waals surface area contributed by atoms with Gasteiger partial charge in [0.25, 0.3) is 0 Å². The molecule has 0 amide bonds. The fourth-order valence-electron chi connectivity index (χ4n) is 2.72. The van der Waals surface area contributed by atoms with Crippen molar-refractivity contribution in [1.82, 2.24) is 15.3 Å². The van der Waals surface area contributed by atoms with Gasteiger partial charge in [-0.25, -0.2) is 4.98 Å². The number of nitrogens with zero attached hydrogens (tertiary/aromatic N) is 2. The van der Waals surface area contributed by atoms with Gasteiger partial charge in [-0.1, -0.05) is 6.92 Å². The minimum Gasteiger partial charge on any atom is -0.342 e. The number of H-pyrrole nitrogens is 1. The predicted octanol–water partition coefficient (Wildman–Crippen LogP) is 0.628. The fourth-order valence-corrected chi connectivity index (χ4v) is 2.72. The molecule has 0 unspecified atom stereocenters. The molecule has 2 fully saturated rings. The number of aromatic amines is 1. The normalized spacial score (nSPS) is 29.8. The van der Waals surface area contributed by atoms with Crippen LogP contribution in [-0.2, 0) is 6.42 Å². The van der Waals surface area contributed by atoms with Crippen LogP contribution in [0, 0.1) is 11.8 Å². The van der Waals surface area contributed by atoms with Gasteiger partial charge in [-0.2, -0.15) is 0 Å². The van der Waals surface area contributed by atoms with Gasteiger partial charge >= 0.3 is 0 Å². The van der Waals surface area contributed by atoms with Crippen LogP contribution in [-0.4, -0.2) is 36.1 Å². The number of fused-ring (bicyclic) bond motifs is 1. The third-order valence-corrected chi connectivity index (χ3v) is 3.68. The van der Waals surface area contributed by atoms with Gasteiger partial charge in [0.2, 0.25) is 5.95 Å². The molecule has 0 radical (unpaired) electrons. The molecule has 0 bridgehead atoms. The van der Waals surface area contributed by atoms with Crippen molar-refractivity contribution in [3.8, 4) is 0 Å². The van der Waals surface area contributed by atoms with E-state index in [4.69, 9.17) is 0 Å². The summed E-state index contributed by atoms with van der Waals surface area (Å²) in [7, 11) is 0. The first kappa shape index (κ1) is 9.21. The van der Waals surface area contributed by atoms with Crippen LogP contribution >= 0.6 is 0 Å². The first-order valence-electron chi connectivity index (χ1n) is 5.86. The number of hydrogen-bond acceptors (Lipinski definition) is 3. The van der Waals surface area contributed by atoms with E-state index in [2.05, 4.69) is 27.1 Å². The molecular weight excluding hydrogens is 188 g/mol. The molecule has 2 aliphatic rings. The van der Waals surface area contributed by atoms with E-state index in [1.54, 1.807) is 0 Å². The average molecular weight is 206 g/mol. The van der Waals surface area contributed by atoms with E-state index < -0.39 is 0 Å². The topological polar surface area (TPSA) is 44.0 Å². The molecule has 0 aromatic carbocycles. The molecule has 2 aliphatic heterocycles. The number of aryl methyl sites for hydroxylation is 1. The lowest BCUT2D eigenvalue weighted by atomic mass is 10.0. The van der Waals surface area contributed by atoms with Crippen molar-refractivity contribution >= 4 is 5.95 Å². The lowest BCUT2D eigenvalue weighted by Crippen LogP contribution is -2.26. The highest BCUT2D eigenvalue weighted by atomic mass is 15.3. The molecule has 0 aliphatic carbocycles. The zero-order chi connectivity index (χ0) is 10.3. The van der Waals surface area contributed by atoms with Crippen LogP contribution in [0.4, 0.5) is 5.95 Å². The van der Waals surface area contributed by atoms with E-state index in [0.29, 0.717) is 0 Å². The van der Waals surface area contributed by atoms with Crippen molar-refractivity contribution in [1.29, 1.82) is 0 Å². The second kappa shape index (κ2) is 3.52. The quantitative estimate of drug-likeness (QED) is 0.746. The van der Waals surface area contributed by atoms with Gasteiger partial charge in [0.05, 0.1) is 6.20 Å². The highest BCUT2D eigenvalue weighted by Gasteiger charge is 2.36. The minimum absolute atomic E-state index is 0.833. The summed E-state index contributed by atoms with van der Waals surface area (Å²) in [6.45, 7) is 6.84. The van der Waals surface area contributed by atoms with Crippen LogP contribution in [0.2, 0.25) is 0 Å². The summed E-state index contributed by atoms with van der Waals surface area (Å²) in [6.07, 6.45) is 3.00. The third kappa shape index (κ3) is 1.53. The Kier molecular flexibility index (Phi) is 2.16. The summed E-state index contributed by atoms with van der Waals surface area (Å²) in [5, 5.41) is 3.46. The second-order valence-corrected chi connectivity index (χ2v) is 4.67. The van der Waals surface area contributed by atoms with Gasteiger partial charge < -0.3 is 15.2 Å². The highest BCUT2D eigenvalue weighted by molar-refractivity contribution is 5.34. The van der Waals surface area contributed by atoms with Crippen molar-refractivity contribution in [2.45, 2.75) is 13.3 Å². The predicted molar refractivity (Wildman–Crippen MR) is 60.0 cm³/mol. The van der Waals surface area contributed by atoms with Crippen molar-refractivity contribution < 1.29 is 0 Å². The van der Waals surface area contributed by atoms with Crippen LogP contribution in [0.25, 0.3) is 0 Å². The van der Waals surface area contributed by atoms with E-state index in [9.17, 15) is 0 Å². The van der Waals surface area contributed by atoms with Crippen molar-refractivity contribution in [2.24, 2.45) is 11.8 Å². The number of hydrogen-bond donors (Lipinski definition) is 2. The molecule has 4 nitrogen and oxygen atoms in total. The number of nitrogens with one attached hydrogen (secondary N) is 2. The molecule has 3 rings (SSSR count). The van der Waals surface area contributed by atoms with Crippen molar-refractivity contribution in [3.63, 3.8) is 0 Å². The molecule has 2 saturated heterocycles. The van der Waals surface area contributed by atoms with Crippen LogP contribution in [0.5, 0.6) is 0 Å². The third-order valence-electron chi connectivity index (χ3n) is 3.68. The molecule has 0 saturated carbocycles. The monoisotopic (exact) mass is 206 g/mol. The smallest absolute Gasteiger partial charge is 0.202 e. The van der Waals surface area contributed by atoms with E-state index in [-0.39, 0.29) is 0 Å². The molecule has 82 valence electrons. The Balaban J connectivity index is 1.73. The Bertz CT molecular complexity index is 334. The highest BCUT2D eigenvalue weighted by Crippen LogP contribution is 2.28. The van der Waals surface area contributed by atoms with Gasteiger partial charge in [0, 0.05) is 31.9 Å². The van der Waals surface area contributed by atoms with Gasteiger partial charge in [0.15, 0.2) is 0 Å². The van der Waals surface area contributed by atoms with Crippen LogP contribution in [0.1, 0.15) is 12.6 Å². The Morgan fingerprint density at radius 1 is 1.40 bits per heavy atom. The van der Waals surface area contributed by atoms with Gasteiger partial charge in [-0.15, -0.1) is 0 Å². The van der Waals surface area contributed by atoms with Gasteiger partial charge in [0.1, 0.15) is 0 Å². The zero-order valence-corrected chi connectivity index (χ0v) is 9.16. The van der Waals surface area contributed by atoms with Crippen molar-refractivity contribution in [3.05, 3.63) is 11.9 Å². The standard InChI is InChI=1S/C11H18N4/c1-2-10-5-13-11(14-10)15-6-8-3-12-4-9(8)7-15/h5,8-9,12H,2-4,6-7H2,1H3,(H,13,14)/t8-,9+. The maximum Gasteiger partial charge on any atom is 0.202 e. The van der Waals surface area contributed by atoms with Crippen LogP contribution < -0.4 is 10.2 Å². The first-order valence-corrected chi connectivity index (χ1v) is 5.86. The molecule has 1 aromatic rings. The maximum atomic E-state index is 4.45. The first-order chi connectivity index (χ1) is 7.36. The number of rotatable bonds is 2. The van der Waals surface area contributed by atoms with E-state index in [1.165, 1.54) is 18.8 Å². The summed E-state index contributed by atoms with van der Waals surface area (Å²) in [6, 6.07) is 0. The molecule has 0 spiro atoms. The molecule has 4 heteroatoms. The molecule has 3 heterocycles. The van der Waals surface area contributed by atoms with Gasteiger partial charge in [-0.3, -0.25) is 0 Å². The summed E-state index contributed by atoms with van der Waals surface area (Å²) >= 11 is 0. The van der Waals surface area contributed by atoms with Crippen molar-refractivity contribution in [2.75, 3.05) is 31.1 Å². The molecule has 2 atom stereocenters. The Morgan fingerprint density at radius 2 is 2.13 bits per heavy atom. The zero-order valence-electron chi connectivity index (χ0n) is 9.16. The summed E-state index contributed by atoms with van der Waals surface area (Å²) in [4.78, 5) is 10.2. The lowest BCUT2D eigenvalue weighted by molar-refractivity contribution is 0.533. The molecular formula is C11H18N4. The van der Waals surface area contributed by atoms with E-state index in [1.807, 2.05) is 6.20 Å². The van der Waals surface area contributed by atoms with Gasteiger partial charge in [-0.05, 0) is 18.3 Å². The SMILES string of the molecule is CCc1cnc(N2C[C@H]3CNC[C@H]3C2)[nH]1. The van der Waals surface area contributed by atoms with E-state index in [0.717, 1.165) is 37.3 Å².